The fourth-order valence-electron chi connectivity index (χ4n) is 0.969. The van der Waals surface area contributed by atoms with Gasteiger partial charge in [0.25, 0.3) is 0 Å². The molecule has 56 valence electrons. The van der Waals surface area contributed by atoms with Gasteiger partial charge in [0.05, 0.1) is 0 Å². The van der Waals surface area contributed by atoms with Gasteiger partial charge in [0.15, 0.2) is 0 Å². The average molecular weight is 145 g/mol. The molecule has 0 saturated carbocycles. The van der Waals surface area contributed by atoms with Crippen molar-refractivity contribution in [1.82, 2.24) is 0 Å². The fraction of sp³-hybridized carbons (Fsp3) is 0.111. The van der Waals surface area contributed by atoms with Crippen LogP contribution in [0.5, 0.6) is 0 Å². The Labute approximate surface area is 68.3 Å². The summed E-state index contributed by atoms with van der Waals surface area (Å²) >= 11 is 0. The lowest BCUT2D eigenvalue weighted by atomic mass is 9.90. The first-order valence-corrected chi connectivity index (χ1v) is 3.77. The van der Waals surface area contributed by atoms with E-state index in [1.54, 1.807) is 0 Å². The largest absolute Gasteiger partial charge is 0.327 e. The zero-order chi connectivity index (χ0) is 8.10. The minimum absolute atomic E-state index is 0.605. The van der Waals surface area contributed by atoms with Crippen LogP contribution in [0.2, 0.25) is 0 Å². The molecule has 11 heavy (non-hydrogen) atoms. The summed E-state index contributed by atoms with van der Waals surface area (Å²) in [5.41, 5.74) is 7.88. The van der Waals surface area contributed by atoms with Crippen LogP contribution in [0, 0.1) is 0 Å². The lowest BCUT2D eigenvalue weighted by Gasteiger charge is -1.97. The first-order valence-electron chi connectivity index (χ1n) is 3.77. The number of rotatable bonds is 2. The minimum Gasteiger partial charge on any atom is -0.327 e. The highest BCUT2D eigenvalue weighted by Crippen LogP contribution is 1.96. The molecule has 0 aliphatic rings. The van der Waals surface area contributed by atoms with Crippen LogP contribution in [0.1, 0.15) is 5.56 Å². The topological polar surface area (TPSA) is 26.0 Å². The molecule has 0 saturated heterocycles. The van der Waals surface area contributed by atoms with Gasteiger partial charge in [-0.3, -0.25) is 0 Å². The Morgan fingerprint density at radius 3 is 2.73 bits per heavy atom. The third-order valence-electron chi connectivity index (χ3n) is 1.62. The van der Waals surface area contributed by atoms with Crippen molar-refractivity contribution in [3.8, 4) is 0 Å². The Kier molecular flexibility index (Phi) is 2.93. The molecular weight excluding hydrogens is 133 g/mol. The van der Waals surface area contributed by atoms with E-state index in [4.69, 9.17) is 5.73 Å². The molecule has 0 atom stereocenters. The van der Waals surface area contributed by atoms with Crippen molar-refractivity contribution in [2.24, 2.45) is 5.73 Å². The summed E-state index contributed by atoms with van der Waals surface area (Å²) in [6, 6.07) is 8.25. The maximum Gasteiger partial charge on any atom is 0.140 e. The van der Waals surface area contributed by atoms with Crippen LogP contribution in [0.4, 0.5) is 0 Å². The van der Waals surface area contributed by atoms with Crippen molar-refractivity contribution in [1.29, 1.82) is 0 Å². The summed E-state index contributed by atoms with van der Waals surface area (Å²) in [5.74, 6) is 0. The van der Waals surface area contributed by atoms with Gasteiger partial charge in [0.1, 0.15) is 7.85 Å². The summed E-state index contributed by atoms with van der Waals surface area (Å²) in [5, 5.41) is 0. The number of hydrogen-bond donors (Lipinski definition) is 1. The maximum atomic E-state index is 5.34. The zero-order valence-electron chi connectivity index (χ0n) is 6.75. The van der Waals surface area contributed by atoms with Crippen molar-refractivity contribution in [2.75, 3.05) is 6.54 Å². The molecule has 0 unspecified atom stereocenters. The summed E-state index contributed by atoms with van der Waals surface area (Å²) < 4.78 is 0. The molecule has 1 nitrogen and oxygen atoms in total. The quantitative estimate of drug-likeness (QED) is 0.578. The van der Waals surface area contributed by atoms with E-state index in [2.05, 4.69) is 26.1 Å². The van der Waals surface area contributed by atoms with Crippen LogP contribution < -0.4 is 11.2 Å². The first kappa shape index (κ1) is 8.09. The molecule has 1 aromatic rings. The highest BCUT2D eigenvalue weighted by molar-refractivity contribution is 6.34. The second-order valence-corrected chi connectivity index (χ2v) is 2.49. The van der Waals surface area contributed by atoms with Crippen molar-refractivity contribution in [3.05, 3.63) is 35.9 Å². The van der Waals surface area contributed by atoms with E-state index in [-0.39, 0.29) is 0 Å². The third kappa shape index (κ3) is 2.24. The van der Waals surface area contributed by atoms with Crippen LogP contribution in [0.3, 0.4) is 0 Å². The maximum absolute atomic E-state index is 5.34. The summed E-state index contributed by atoms with van der Waals surface area (Å²) in [7, 11) is 2.09. The van der Waals surface area contributed by atoms with E-state index in [1.807, 2.05) is 18.2 Å². The van der Waals surface area contributed by atoms with Gasteiger partial charge in [0, 0.05) is 6.54 Å². The predicted molar refractivity (Wildman–Crippen MR) is 52.7 cm³/mol. The molecule has 1 rings (SSSR count). The van der Waals surface area contributed by atoms with Gasteiger partial charge in [-0.1, -0.05) is 41.9 Å². The smallest absolute Gasteiger partial charge is 0.140 e. The van der Waals surface area contributed by atoms with Crippen molar-refractivity contribution in [3.63, 3.8) is 0 Å². The standard InChI is InChI=1S/C9H12BN/c10-9-6-2-1-4-8(9)5-3-7-11/h1-6H,7,10-11H2/b5-3+. The van der Waals surface area contributed by atoms with Gasteiger partial charge in [-0.15, -0.1) is 0 Å². The Bertz CT molecular complexity index is 255. The van der Waals surface area contributed by atoms with Gasteiger partial charge >= 0.3 is 0 Å². The van der Waals surface area contributed by atoms with Crippen molar-refractivity contribution >= 4 is 19.4 Å². The normalized spacial score (nSPS) is 10.6. The Hall–Kier alpha value is -1.02. The summed E-state index contributed by atoms with van der Waals surface area (Å²) in [4.78, 5) is 0. The zero-order valence-corrected chi connectivity index (χ0v) is 6.75. The lowest BCUT2D eigenvalue weighted by molar-refractivity contribution is 1.26. The van der Waals surface area contributed by atoms with Crippen LogP contribution >= 0.6 is 0 Å². The number of hydrogen-bond acceptors (Lipinski definition) is 1. The van der Waals surface area contributed by atoms with E-state index in [9.17, 15) is 0 Å². The SMILES string of the molecule is Bc1ccccc1/C=C/CN. The molecule has 0 bridgehead atoms. The van der Waals surface area contributed by atoms with Gasteiger partial charge < -0.3 is 5.73 Å². The van der Waals surface area contributed by atoms with E-state index >= 15 is 0 Å². The van der Waals surface area contributed by atoms with E-state index in [1.165, 1.54) is 11.0 Å². The van der Waals surface area contributed by atoms with Gasteiger partial charge in [-0.2, -0.15) is 0 Å². The molecule has 0 spiro atoms. The Balaban J connectivity index is 2.86. The highest BCUT2D eigenvalue weighted by Gasteiger charge is 1.88. The van der Waals surface area contributed by atoms with Crippen molar-refractivity contribution in [2.45, 2.75) is 0 Å². The van der Waals surface area contributed by atoms with E-state index in [0.29, 0.717) is 6.54 Å². The predicted octanol–water partition coefficient (Wildman–Crippen LogP) is -0.0831. The van der Waals surface area contributed by atoms with E-state index in [0.717, 1.165) is 0 Å². The molecule has 0 aliphatic heterocycles. The van der Waals surface area contributed by atoms with Crippen LogP contribution in [0.15, 0.2) is 30.3 Å². The third-order valence-corrected chi connectivity index (χ3v) is 1.62. The van der Waals surface area contributed by atoms with Crippen molar-refractivity contribution < 1.29 is 0 Å². The molecule has 0 aromatic heterocycles. The summed E-state index contributed by atoms with van der Waals surface area (Å²) in [6.07, 6.45) is 4.01. The molecule has 0 radical (unpaired) electrons. The van der Waals surface area contributed by atoms with Gasteiger partial charge in [0.2, 0.25) is 0 Å². The summed E-state index contributed by atoms with van der Waals surface area (Å²) in [6.45, 7) is 0.605. The molecule has 0 heterocycles. The minimum atomic E-state index is 0.605. The Morgan fingerprint density at radius 1 is 1.36 bits per heavy atom. The average Bonchev–Trinajstić information content (AvgIpc) is 2.03. The second kappa shape index (κ2) is 3.99. The van der Waals surface area contributed by atoms with Gasteiger partial charge in [-0.25, -0.2) is 0 Å². The molecule has 1 aromatic carbocycles. The first-order chi connectivity index (χ1) is 5.34. The van der Waals surface area contributed by atoms with Crippen LogP contribution in [-0.2, 0) is 0 Å². The molecule has 0 fully saturated rings. The fourth-order valence-corrected chi connectivity index (χ4v) is 0.969. The Morgan fingerprint density at radius 2 is 2.09 bits per heavy atom. The lowest BCUT2D eigenvalue weighted by Crippen LogP contribution is -2.05. The number of nitrogens with two attached hydrogens (primary N) is 1. The molecule has 2 N–H and O–H groups in total. The number of benzene rings is 1. The molecule has 2 heteroatoms. The molecule has 0 aliphatic carbocycles. The molecule has 0 amide bonds. The second-order valence-electron chi connectivity index (χ2n) is 2.49. The van der Waals surface area contributed by atoms with E-state index < -0.39 is 0 Å². The van der Waals surface area contributed by atoms with Crippen LogP contribution in [-0.4, -0.2) is 14.4 Å². The highest BCUT2D eigenvalue weighted by atomic mass is 14.5. The van der Waals surface area contributed by atoms with Crippen LogP contribution in [0.25, 0.3) is 6.08 Å². The monoisotopic (exact) mass is 145 g/mol. The molecular formula is C9H12BN. The van der Waals surface area contributed by atoms with Gasteiger partial charge in [-0.05, 0) is 5.56 Å².